The van der Waals surface area contributed by atoms with Gasteiger partial charge in [-0.2, -0.15) is 0 Å². The number of thiophene rings is 1. The topological polar surface area (TPSA) is 127 Å². The Morgan fingerprint density at radius 2 is 2.00 bits per heavy atom. The van der Waals surface area contributed by atoms with E-state index in [1.54, 1.807) is 6.08 Å². The third-order valence-corrected chi connectivity index (χ3v) is 6.08. The molecule has 11 heteroatoms. The number of amides is 3. The second-order valence-corrected chi connectivity index (χ2v) is 8.94. The van der Waals surface area contributed by atoms with Crippen LogP contribution in [0.15, 0.2) is 51.6 Å². The zero-order chi connectivity index (χ0) is 19.6. The fourth-order valence-electron chi connectivity index (χ4n) is 2.23. The maximum absolute atomic E-state index is 12.4. The Bertz CT molecular complexity index is 1050. The summed E-state index contributed by atoms with van der Waals surface area (Å²) < 4.78 is 22.7. The number of carbonyl (C=O) groups excluding carboxylic acids is 3. The van der Waals surface area contributed by atoms with Gasteiger partial charge in [-0.05, 0) is 47.5 Å². The van der Waals surface area contributed by atoms with E-state index in [4.69, 9.17) is 5.14 Å². The lowest BCUT2D eigenvalue weighted by Crippen LogP contribution is -2.36. The van der Waals surface area contributed by atoms with Crippen LogP contribution in [0.2, 0.25) is 0 Å². The molecule has 0 bridgehead atoms. The lowest BCUT2D eigenvalue weighted by atomic mass is 10.3. The Kier molecular flexibility index (Phi) is 5.46. The standard InChI is InChI=1S/C16H13N3O5S3/c17-27(23,24)12-5-1-3-10(7-12)18-14(20)9-19-15(21)13(26-16(19)22)8-11-4-2-6-25-11/h1-8H,9H2,(H,18,20)(H2,17,23,24)/b13-8-. The smallest absolute Gasteiger partial charge is 0.294 e. The van der Waals surface area contributed by atoms with Gasteiger partial charge in [0.1, 0.15) is 6.54 Å². The highest BCUT2D eigenvalue weighted by atomic mass is 32.2. The molecule has 0 aliphatic carbocycles. The SMILES string of the molecule is NS(=O)(=O)c1cccc(NC(=O)CN2C(=O)S/C(=C\c3cccs3)C2=O)c1. The van der Waals surface area contributed by atoms with Crippen LogP contribution >= 0.6 is 23.1 Å². The molecule has 1 aliphatic rings. The van der Waals surface area contributed by atoms with Crippen LogP contribution in [0.5, 0.6) is 0 Å². The Balaban J connectivity index is 1.69. The molecule has 0 spiro atoms. The lowest BCUT2D eigenvalue weighted by Gasteiger charge is -2.12. The molecule has 27 heavy (non-hydrogen) atoms. The van der Waals surface area contributed by atoms with E-state index in [2.05, 4.69) is 5.32 Å². The number of rotatable bonds is 5. The normalized spacial score (nSPS) is 16.2. The molecule has 1 saturated heterocycles. The predicted octanol–water partition coefficient (Wildman–Crippen LogP) is 2.07. The van der Waals surface area contributed by atoms with E-state index in [1.165, 1.54) is 35.6 Å². The third kappa shape index (κ3) is 4.63. The molecule has 2 heterocycles. The lowest BCUT2D eigenvalue weighted by molar-refractivity contribution is -0.127. The predicted molar refractivity (Wildman–Crippen MR) is 103 cm³/mol. The number of hydrogen-bond acceptors (Lipinski definition) is 7. The van der Waals surface area contributed by atoms with Crippen molar-refractivity contribution < 1.29 is 22.8 Å². The van der Waals surface area contributed by atoms with Crippen LogP contribution in [0.4, 0.5) is 10.5 Å². The van der Waals surface area contributed by atoms with E-state index in [1.807, 2.05) is 17.5 Å². The summed E-state index contributed by atoms with van der Waals surface area (Å²) in [6.45, 7) is -0.480. The van der Waals surface area contributed by atoms with Gasteiger partial charge in [-0.3, -0.25) is 19.3 Å². The van der Waals surface area contributed by atoms with E-state index in [0.717, 1.165) is 21.5 Å². The van der Waals surface area contributed by atoms with E-state index in [0.29, 0.717) is 0 Å². The van der Waals surface area contributed by atoms with Gasteiger partial charge < -0.3 is 5.32 Å². The molecule has 0 unspecified atom stereocenters. The van der Waals surface area contributed by atoms with Crippen molar-refractivity contribution in [3.63, 3.8) is 0 Å². The minimum atomic E-state index is -3.91. The van der Waals surface area contributed by atoms with Crippen LogP contribution in [0.3, 0.4) is 0 Å². The fourth-order valence-corrected chi connectivity index (χ4v) is 4.35. The molecule has 0 radical (unpaired) electrons. The summed E-state index contributed by atoms with van der Waals surface area (Å²) >= 11 is 2.19. The first kappa shape index (κ1) is 19.3. The second-order valence-electron chi connectivity index (χ2n) is 5.40. The Hall–Kier alpha value is -2.47. The molecule has 1 aromatic carbocycles. The Labute approximate surface area is 163 Å². The number of primary sulfonamides is 1. The van der Waals surface area contributed by atoms with Gasteiger partial charge in [-0.1, -0.05) is 12.1 Å². The van der Waals surface area contributed by atoms with Crippen LogP contribution in [0.25, 0.3) is 6.08 Å². The van der Waals surface area contributed by atoms with Gasteiger partial charge in [0.2, 0.25) is 15.9 Å². The molecular formula is C16H13N3O5S3. The highest BCUT2D eigenvalue weighted by Gasteiger charge is 2.36. The fraction of sp³-hybridized carbons (Fsp3) is 0.0625. The first-order valence-corrected chi connectivity index (χ1v) is 10.7. The summed E-state index contributed by atoms with van der Waals surface area (Å²) in [7, 11) is -3.91. The molecule has 3 N–H and O–H groups in total. The largest absolute Gasteiger partial charge is 0.324 e. The van der Waals surface area contributed by atoms with Gasteiger partial charge in [0.25, 0.3) is 11.1 Å². The van der Waals surface area contributed by atoms with Crippen LogP contribution in [-0.2, 0) is 19.6 Å². The van der Waals surface area contributed by atoms with Crippen molar-refractivity contribution in [3.8, 4) is 0 Å². The number of carbonyl (C=O) groups is 3. The number of sulfonamides is 1. The van der Waals surface area contributed by atoms with Gasteiger partial charge >= 0.3 is 0 Å². The number of imide groups is 1. The number of nitrogens with zero attached hydrogens (tertiary/aromatic N) is 1. The molecule has 3 rings (SSSR count). The van der Waals surface area contributed by atoms with Gasteiger partial charge in [0.15, 0.2) is 0 Å². The maximum Gasteiger partial charge on any atom is 0.294 e. The van der Waals surface area contributed by atoms with Crippen molar-refractivity contribution in [2.24, 2.45) is 5.14 Å². The Morgan fingerprint density at radius 3 is 2.67 bits per heavy atom. The summed E-state index contributed by atoms with van der Waals surface area (Å²) in [5.74, 6) is -1.19. The number of benzene rings is 1. The van der Waals surface area contributed by atoms with Crippen LogP contribution in [0, 0.1) is 0 Å². The Morgan fingerprint density at radius 1 is 1.22 bits per heavy atom. The summed E-state index contributed by atoms with van der Waals surface area (Å²) in [5, 5.41) is 8.80. The molecule has 0 atom stereocenters. The number of anilines is 1. The average Bonchev–Trinajstić information content (AvgIpc) is 3.19. The number of hydrogen-bond donors (Lipinski definition) is 2. The average molecular weight is 423 g/mol. The number of nitrogens with one attached hydrogen (secondary N) is 1. The highest BCUT2D eigenvalue weighted by Crippen LogP contribution is 2.32. The van der Waals surface area contributed by atoms with Crippen molar-refractivity contribution in [1.82, 2.24) is 4.90 Å². The second kappa shape index (κ2) is 7.64. The number of thioether (sulfide) groups is 1. The first-order chi connectivity index (χ1) is 12.7. The van der Waals surface area contributed by atoms with Gasteiger partial charge in [0.05, 0.1) is 9.80 Å². The summed E-state index contributed by atoms with van der Waals surface area (Å²) in [6.07, 6.45) is 1.60. The van der Waals surface area contributed by atoms with Crippen LogP contribution < -0.4 is 10.5 Å². The van der Waals surface area contributed by atoms with Crippen molar-refractivity contribution in [3.05, 3.63) is 51.6 Å². The van der Waals surface area contributed by atoms with Crippen molar-refractivity contribution in [2.75, 3.05) is 11.9 Å². The van der Waals surface area contributed by atoms with E-state index in [9.17, 15) is 22.8 Å². The van der Waals surface area contributed by atoms with Crippen molar-refractivity contribution in [1.29, 1.82) is 0 Å². The van der Waals surface area contributed by atoms with Gasteiger partial charge in [0, 0.05) is 10.6 Å². The zero-order valence-corrected chi connectivity index (χ0v) is 16.1. The van der Waals surface area contributed by atoms with Gasteiger partial charge in [-0.15, -0.1) is 11.3 Å². The zero-order valence-electron chi connectivity index (χ0n) is 13.6. The first-order valence-electron chi connectivity index (χ1n) is 7.45. The molecule has 1 aromatic heterocycles. The molecule has 2 aromatic rings. The van der Waals surface area contributed by atoms with E-state index >= 15 is 0 Å². The van der Waals surface area contributed by atoms with Crippen LogP contribution in [-0.4, -0.2) is 36.9 Å². The van der Waals surface area contributed by atoms with Gasteiger partial charge in [-0.25, -0.2) is 13.6 Å². The number of nitrogens with two attached hydrogens (primary N) is 1. The molecule has 140 valence electrons. The molecule has 1 aliphatic heterocycles. The van der Waals surface area contributed by atoms with Crippen LogP contribution in [0.1, 0.15) is 4.88 Å². The van der Waals surface area contributed by atoms with Crippen molar-refractivity contribution in [2.45, 2.75) is 4.90 Å². The maximum atomic E-state index is 12.4. The molecular weight excluding hydrogens is 410 g/mol. The summed E-state index contributed by atoms with van der Waals surface area (Å²) in [4.78, 5) is 38.3. The van der Waals surface area contributed by atoms with Crippen molar-refractivity contribution >= 4 is 61.9 Å². The summed E-state index contributed by atoms with van der Waals surface area (Å²) in [6, 6.07) is 9.00. The molecule has 8 nitrogen and oxygen atoms in total. The minimum Gasteiger partial charge on any atom is -0.324 e. The highest BCUT2D eigenvalue weighted by molar-refractivity contribution is 8.18. The summed E-state index contributed by atoms with van der Waals surface area (Å²) in [5.41, 5.74) is 0.188. The molecule has 0 saturated carbocycles. The minimum absolute atomic E-state index is 0.162. The third-order valence-electron chi connectivity index (χ3n) is 3.44. The molecule has 3 amide bonds. The quantitative estimate of drug-likeness (QED) is 0.709. The van der Waals surface area contributed by atoms with E-state index < -0.39 is 33.6 Å². The molecule has 1 fully saturated rings. The monoisotopic (exact) mass is 423 g/mol. The van der Waals surface area contributed by atoms with E-state index in [-0.39, 0.29) is 15.5 Å².